The second-order valence-corrected chi connectivity index (χ2v) is 18.0. The van der Waals surface area contributed by atoms with Crippen LogP contribution < -0.4 is 0 Å². The van der Waals surface area contributed by atoms with Gasteiger partial charge in [-0.3, -0.25) is 14.4 Å². The minimum absolute atomic E-state index is 0. The zero-order chi connectivity index (χ0) is 45.3. The molecule has 0 bridgehead atoms. The Balaban J connectivity index is 0.000000621. The first-order chi connectivity index (χ1) is 29.7. The Labute approximate surface area is 386 Å². The first-order valence-corrected chi connectivity index (χ1v) is 23.4. The van der Waals surface area contributed by atoms with Gasteiger partial charge < -0.3 is 35.0 Å². The molecule has 0 heterocycles. The molecule has 0 aliphatic heterocycles. The van der Waals surface area contributed by atoms with Gasteiger partial charge in [0, 0.05) is 25.2 Å². The van der Waals surface area contributed by atoms with Crippen LogP contribution in [0.15, 0.2) is 85.0 Å². The van der Waals surface area contributed by atoms with Gasteiger partial charge in [0.15, 0.2) is 0 Å². The molecule has 10 nitrogen and oxygen atoms in total. The van der Waals surface area contributed by atoms with Crippen LogP contribution in [0.4, 0.5) is 0 Å². The summed E-state index contributed by atoms with van der Waals surface area (Å²) < 4.78 is 10.2. The van der Waals surface area contributed by atoms with Crippen LogP contribution >= 0.6 is 0 Å². The molecule has 2 aliphatic rings. The van der Waals surface area contributed by atoms with Crippen LogP contribution in [-0.2, 0) is 36.7 Å². The highest BCUT2D eigenvalue weighted by molar-refractivity contribution is 5.84. The summed E-state index contributed by atoms with van der Waals surface area (Å²) in [6.45, 7) is 7.36. The van der Waals surface area contributed by atoms with Crippen LogP contribution in [0.2, 0.25) is 0 Å². The highest BCUT2D eigenvalue weighted by Crippen LogP contribution is 2.39. The molecular weight excluding hydrogens is 809 g/mol. The molecule has 10 heteroatoms. The van der Waals surface area contributed by atoms with Gasteiger partial charge in [0.05, 0.1) is 42.7 Å². The van der Waals surface area contributed by atoms with Crippen LogP contribution in [0.5, 0.6) is 0 Å². The minimum Gasteiger partial charge on any atom is -0.463 e. The highest BCUT2D eigenvalue weighted by atomic mass is 16.5. The van der Waals surface area contributed by atoms with Gasteiger partial charge >= 0.3 is 11.9 Å². The molecule has 4 rings (SSSR count). The number of aliphatic hydroxyl groups excluding tert-OH is 5. The Bertz CT molecular complexity index is 1590. The third kappa shape index (κ3) is 23.5. The number of unbranched alkanes of at least 4 members (excludes halogenated alkanes) is 2. The van der Waals surface area contributed by atoms with Crippen LogP contribution in [0.25, 0.3) is 0 Å². The molecule has 2 fully saturated rings. The summed E-state index contributed by atoms with van der Waals surface area (Å²) in [4.78, 5) is 35.4. The monoisotopic (exact) mass is 895 g/mol. The molecule has 2 aliphatic carbocycles. The van der Waals surface area contributed by atoms with Crippen molar-refractivity contribution in [3.63, 3.8) is 0 Å². The van der Waals surface area contributed by atoms with E-state index in [1.807, 2.05) is 82.3 Å². The fraction of sp³-hybridized carbons (Fsp3) is 0.648. The van der Waals surface area contributed by atoms with Gasteiger partial charge in [0.2, 0.25) is 0 Å². The maximum atomic E-state index is 12.3. The van der Waals surface area contributed by atoms with Crippen LogP contribution in [0.1, 0.15) is 156 Å². The summed E-state index contributed by atoms with van der Waals surface area (Å²) in [5.41, 5.74) is 2.43. The molecule has 0 spiro atoms. The van der Waals surface area contributed by atoms with E-state index in [4.69, 9.17) is 9.47 Å². The second kappa shape index (κ2) is 32.9. The summed E-state index contributed by atoms with van der Waals surface area (Å²) in [5, 5.41) is 51.9. The largest absolute Gasteiger partial charge is 0.463 e. The van der Waals surface area contributed by atoms with E-state index in [9.17, 15) is 39.9 Å². The molecule has 362 valence electrons. The predicted octanol–water partition coefficient (Wildman–Crippen LogP) is 9.85. The van der Waals surface area contributed by atoms with Crippen LogP contribution in [0.3, 0.4) is 0 Å². The van der Waals surface area contributed by atoms with E-state index in [0.29, 0.717) is 70.6 Å². The number of carbonyl (C=O) groups is 3. The molecule has 0 unspecified atom stereocenters. The maximum Gasteiger partial charge on any atom is 0.306 e. The molecule has 0 aromatic heterocycles. The SMILES string of the molecule is C.C.CC(C)OC(=O)CCC/C=C\C[C@@H]1[C@@H](CC[C@@H](O)CCc2ccccc2)[C@H](O)C[C@@H]1O.CC(C)OC(=O)CCC/C=C\C[C@H]1C(=O)C[C@@H](O)[C@@H]1CC[C@@H](O)CCc1ccccc1. The zero-order valence-corrected chi connectivity index (χ0v) is 37.9. The number of ether oxygens (including phenoxy) is 2. The van der Waals surface area contributed by atoms with E-state index in [0.717, 1.165) is 38.5 Å². The number of hydrogen-bond donors (Lipinski definition) is 5. The Morgan fingerprint density at radius 2 is 1.05 bits per heavy atom. The van der Waals surface area contributed by atoms with Crippen LogP contribution in [0, 0.1) is 23.7 Å². The van der Waals surface area contributed by atoms with Crippen molar-refractivity contribution in [3.8, 4) is 0 Å². The molecule has 2 saturated carbocycles. The van der Waals surface area contributed by atoms with Crippen molar-refractivity contribution >= 4 is 17.7 Å². The summed E-state index contributed by atoms with van der Waals surface area (Å²) in [6, 6.07) is 20.2. The molecule has 2 aromatic carbocycles. The lowest BCUT2D eigenvalue weighted by Crippen LogP contribution is -2.23. The van der Waals surface area contributed by atoms with Crippen LogP contribution in [-0.4, -0.2) is 86.0 Å². The zero-order valence-electron chi connectivity index (χ0n) is 37.9. The summed E-state index contributed by atoms with van der Waals surface area (Å²) in [5.74, 6) is -0.484. The number of allylic oxidation sites excluding steroid dienone is 4. The average Bonchev–Trinajstić information content (AvgIpc) is 3.66. The molecule has 9 atom stereocenters. The lowest BCUT2D eigenvalue weighted by Gasteiger charge is -2.23. The fourth-order valence-corrected chi connectivity index (χ4v) is 8.74. The average molecular weight is 895 g/mol. The quantitative estimate of drug-likeness (QED) is 0.0348. The van der Waals surface area contributed by atoms with Crippen molar-refractivity contribution in [2.45, 2.75) is 201 Å². The molecule has 0 radical (unpaired) electrons. The number of Topliss-reactive ketones (excluding diaryl/α,β-unsaturated/α-hetero) is 1. The standard InChI is InChI=1S/C26H40O5.C26H38O5.2CH4/c2*1-19(2)31-26(30)13-9-4-3-8-12-22-23(25(29)18-24(22)28)17-16-21(27)15-14-20-10-6-5-7-11-20;;/h3,5-8,10-11,19,21-25,27-29H,4,9,12-18H2,1-2H3;3,5-8,10-11,19,21-23,25,27,29H,4,9,12-18H2,1-2H3;2*1H4/b2*8-3-;;/t21-,22+,23+,24-,25+;21-,22+,23+,25+;;/m00../s1. The van der Waals surface area contributed by atoms with Gasteiger partial charge in [0.1, 0.15) is 5.78 Å². The van der Waals surface area contributed by atoms with Gasteiger partial charge in [-0.1, -0.05) is 99.8 Å². The van der Waals surface area contributed by atoms with Gasteiger partial charge in [-0.05, 0) is 153 Å². The summed E-state index contributed by atoms with van der Waals surface area (Å²) in [6.07, 6.45) is 16.9. The smallest absolute Gasteiger partial charge is 0.306 e. The van der Waals surface area contributed by atoms with Crippen molar-refractivity contribution in [1.29, 1.82) is 0 Å². The Morgan fingerprint density at radius 3 is 1.52 bits per heavy atom. The highest BCUT2D eigenvalue weighted by Gasteiger charge is 2.41. The number of ketones is 1. The van der Waals surface area contributed by atoms with E-state index in [1.54, 1.807) is 0 Å². The summed E-state index contributed by atoms with van der Waals surface area (Å²) >= 11 is 0. The number of aryl methyl sites for hydroxylation is 2. The third-order valence-corrected chi connectivity index (χ3v) is 12.1. The van der Waals surface area contributed by atoms with Gasteiger partial charge in [0.25, 0.3) is 0 Å². The fourth-order valence-electron chi connectivity index (χ4n) is 8.74. The molecule has 64 heavy (non-hydrogen) atoms. The molecular formula is C54H86O10. The number of aliphatic hydroxyl groups is 5. The Hall–Kier alpha value is -3.67. The van der Waals surface area contributed by atoms with Crippen molar-refractivity contribution < 1.29 is 49.4 Å². The molecule has 2 aromatic rings. The number of esters is 2. The topological polar surface area (TPSA) is 171 Å². The second-order valence-electron chi connectivity index (χ2n) is 18.0. The van der Waals surface area contributed by atoms with E-state index in [2.05, 4.69) is 30.3 Å². The molecule has 0 saturated heterocycles. The van der Waals surface area contributed by atoms with E-state index >= 15 is 0 Å². The minimum atomic E-state index is -0.613. The van der Waals surface area contributed by atoms with Crippen molar-refractivity contribution in [3.05, 3.63) is 96.1 Å². The number of hydrogen-bond acceptors (Lipinski definition) is 10. The Morgan fingerprint density at radius 1 is 0.609 bits per heavy atom. The summed E-state index contributed by atoms with van der Waals surface area (Å²) in [7, 11) is 0. The van der Waals surface area contributed by atoms with Gasteiger partial charge in [-0.2, -0.15) is 0 Å². The van der Waals surface area contributed by atoms with E-state index in [-0.39, 0.29) is 74.9 Å². The number of carbonyl (C=O) groups excluding carboxylic acids is 3. The van der Waals surface area contributed by atoms with E-state index in [1.165, 1.54) is 11.1 Å². The Kier molecular flexibility index (Phi) is 30.0. The maximum absolute atomic E-state index is 12.3. The predicted molar refractivity (Wildman–Crippen MR) is 257 cm³/mol. The third-order valence-electron chi connectivity index (χ3n) is 12.1. The van der Waals surface area contributed by atoms with Crippen molar-refractivity contribution in [2.75, 3.05) is 0 Å². The van der Waals surface area contributed by atoms with Gasteiger partial charge in [-0.25, -0.2) is 0 Å². The van der Waals surface area contributed by atoms with E-state index < -0.39 is 30.5 Å². The normalized spacial score (nSPS) is 22.8. The lowest BCUT2D eigenvalue weighted by atomic mass is 9.85. The van der Waals surface area contributed by atoms with Crippen molar-refractivity contribution in [1.82, 2.24) is 0 Å². The lowest BCUT2D eigenvalue weighted by molar-refractivity contribution is -0.148. The number of benzene rings is 2. The van der Waals surface area contributed by atoms with Crippen molar-refractivity contribution in [2.24, 2.45) is 23.7 Å². The molecule has 0 amide bonds. The van der Waals surface area contributed by atoms with Gasteiger partial charge in [-0.15, -0.1) is 0 Å². The first-order valence-electron chi connectivity index (χ1n) is 23.4. The first kappa shape index (κ1) is 58.3. The molecule has 5 N–H and O–H groups in total. The number of rotatable bonds is 26.